The van der Waals surface area contributed by atoms with Crippen LogP contribution in [-0.2, 0) is 23.1 Å². The molecule has 1 fully saturated rings. The van der Waals surface area contributed by atoms with Crippen molar-refractivity contribution >= 4 is 5.97 Å². The van der Waals surface area contributed by atoms with Gasteiger partial charge in [-0.05, 0) is 25.9 Å². The van der Waals surface area contributed by atoms with Crippen LogP contribution >= 0.6 is 0 Å². The Bertz CT molecular complexity index is 383. The third kappa shape index (κ3) is 3.03. The van der Waals surface area contributed by atoms with E-state index in [4.69, 9.17) is 4.74 Å². The molecule has 0 atom stereocenters. The highest BCUT2D eigenvalue weighted by Gasteiger charge is 2.25. The van der Waals surface area contributed by atoms with Crippen LogP contribution in [0.25, 0.3) is 0 Å². The number of nitrogens with zero attached hydrogens (tertiary/aromatic N) is 4. The van der Waals surface area contributed by atoms with E-state index in [9.17, 15) is 4.79 Å². The van der Waals surface area contributed by atoms with Gasteiger partial charge in [-0.15, -0.1) is 5.10 Å². The molecule has 1 aromatic rings. The number of rotatable bonds is 3. The molecule has 0 N–H and O–H groups in total. The number of hydrogen-bond donors (Lipinski definition) is 0. The lowest BCUT2D eigenvalue weighted by molar-refractivity contribution is -0.147. The molecule has 0 amide bonds. The van der Waals surface area contributed by atoms with Crippen LogP contribution in [0.1, 0.15) is 18.5 Å². The summed E-state index contributed by atoms with van der Waals surface area (Å²) in [5, 5.41) is 7.96. The first kappa shape index (κ1) is 12.0. The monoisotopic (exact) mass is 238 g/mol. The van der Waals surface area contributed by atoms with Crippen LogP contribution in [0.2, 0.25) is 0 Å². The minimum atomic E-state index is -0.0795. The smallest absolute Gasteiger partial charge is 0.308 e. The highest BCUT2D eigenvalue weighted by molar-refractivity contribution is 5.72. The first-order valence-corrected chi connectivity index (χ1v) is 5.84. The molecule has 1 aliphatic rings. The minimum Gasteiger partial charge on any atom is -0.469 e. The van der Waals surface area contributed by atoms with Crippen LogP contribution in [0.5, 0.6) is 0 Å². The van der Waals surface area contributed by atoms with E-state index >= 15 is 0 Å². The third-order valence-electron chi connectivity index (χ3n) is 3.16. The molecule has 17 heavy (non-hydrogen) atoms. The van der Waals surface area contributed by atoms with Crippen molar-refractivity contribution in [3.05, 3.63) is 11.9 Å². The maximum absolute atomic E-state index is 11.4. The van der Waals surface area contributed by atoms with Crippen LogP contribution < -0.4 is 0 Å². The van der Waals surface area contributed by atoms with Crippen LogP contribution in [0.3, 0.4) is 0 Å². The van der Waals surface area contributed by atoms with Crippen LogP contribution in [0, 0.1) is 5.92 Å². The number of carbonyl (C=O) groups excluding carboxylic acids is 1. The van der Waals surface area contributed by atoms with Gasteiger partial charge in [-0.2, -0.15) is 0 Å². The van der Waals surface area contributed by atoms with Gasteiger partial charge in [-0.1, -0.05) is 5.21 Å². The molecular weight excluding hydrogens is 220 g/mol. The van der Waals surface area contributed by atoms with E-state index < -0.39 is 0 Å². The number of esters is 1. The Labute approximate surface area is 101 Å². The number of methoxy groups -OCH3 is 1. The fourth-order valence-corrected chi connectivity index (χ4v) is 2.19. The van der Waals surface area contributed by atoms with Gasteiger partial charge in [0, 0.05) is 19.8 Å². The largest absolute Gasteiger partial charge is 0.469 e. The van der Waals surface area contributed by atoms with E-state index in [2.05, 4.69) is 15.2 Å². The van der Waals surface area contributed by atoms with Gasteiger partial charge in [0.1, 0.15) is 0 Å². The van der Waals surface area contributed by atoms with Gasteiger partial charge in [0.2, 0.25) is 0 Å². The summed E-state index contributed by atoms with van der Waals surface area (Å²) in [5.41, 5.74) is 0.976. The van der Waals surface area contributed by atoms with Crippen molar-refractivity contribution in [2.45, 2.75) is 19.4 Å². The zero-order chi connectivity index (χ0) is 12.3. The summed E-state index contributed by atoms with van der Waals surface area (Å²) in [6, 6.07) is 0. The van der Waals surface area contributed by atoms with E-state index in [0.29, 0.717) is 0 Å². The molecular formula is C11H18N4O2. The van der Waals surface area contributed by atoms with Gasteiger partial charge in [-0.3, -0.25) is 14.4 Å². The number of likely N-dealkylation sites (tertiary alicyclic amines) is 1. The molecule has 0 saturated carbocycles. The summed E-state index contributed by atoms with van der Waals surface area (Å²) in [6.45, 7) is 2.63. The molecule has 0 aromatic carbocycles. The molecule has 94 valence electrons. The summed E-state index contributed by atoms with van der Waals surface area (Å²) in [5.74, 6) is -0.0118. The number of piperidine rings is 1. The summed E-state index contributed by atoms with van der Waals surface area (Å²) >= 11 is 0. The maximum Gasteiger partial charge on any atom is 0.308 e. The number of carbonyl (C=O) groups is 1. The summed E-state index contributed by atoms with van der Waals surface area (Å²) in [4.78, 5) is 13.7. The highest BCUT2D eigenvalue weighted by atomic mass is 16.5. The van der Waals surface area contributed by atoms with Crippen molar-refractivity contribution in [1.82, 2.24) is 19.9 Å². The standard InChI is InChI=1S/C11H18N4O2/c1-14-7-10(12-13-14)8-15-5-3-9(4-6-15)11(16)17-2/h7,9H,3-6,8H2,1-2H3. The molecule has 0 unspecified atom stereocenters. The van der Waals surface area contributed by atoms with Crippen LogP contribution in [0.15, 0.2) is 6.20 Å². The fourth-order valence-electron chi connectivity index (χ4n) is 2.19. The van der Waals surface area contributed by atoms with E-state index in [-0.39, 0.29) is 11.9 Å². The van der Waals surface area contributed by atoms with Crippen LogP contribution in [0.4, 0.5) is 0 Å². The third-order valence-corrected chi connectivity index (χ3v) is 3.16. The Morgan fingerprint density at radius 1 is 1.53 bits per heavy atom. The van der Waals surface area contributed by atoms with Crippen molar-refractivity contribution in [3.63, 3.8) is 0 Å². The Morgan fingerprint density at radius 2 is 2.24 bits per heavy atom. The second-order valence-electron chi connectivity index (χ2n) is 4.46. The molecule has 1 aromatic heterocycles. The molecule has 2 heterocycles. The van der Waals surface area contributed by atoms with Crippen molar-refractivity contribution in [2.24, 2.45) is 13.0 Å². The predicted octanol–water partition coefficient (Wildman–Crippen LogP) is 0.200. The molecule has 6 heteroatoms. The molecule has 0 aliphatic carbocycles. The number of aryl methyl sites for hydroxylation is 1. The van der Waals surface area contributed by atoms with Crippen molar-refractivity contribution in [2.75, 3.05) is 20.2 Å². The van der Waals surface area contributed by atoms with Gasteiger partial charge in [-0.25, -0.2) is 0 Å². The predicted molar refractivity (Wildman–Crippen MR) is 61.0 cm³/mol. The second-order valence-corrected chi connectivity index (χ2v) is 4.46. The first-order chi connectivity index (χ1) is 8.19. The normalized spacial score (nSPS) is 18.2. The quantitative estimate of drug-likeness (QED) is 0.704. The zero-order valence-electron chi connectivity index (χ0n) is 10.3. The molecule has 0 radical (unpaired) electrons. The Hall–Kier alpha value is -1.43. The fraction of sp³-hybridized carbons (Fsp3) is 0.727. The molecule has 6 nitrogen and oxygen atoms in total. The van der Waals surface area contributed by atoms with Gasteiger partial charge in [0.15, 0.2) is 0 Å². The van der Waals surface area contributed by atoms with E-state index in [1.807, 2.05) is 13.2 Å². The first-order valence-electron chi connectivity index (χ1n) is 5.84. The Morgan fingerprint density at radius 3 is 2.76 bits per heavy atom. The van der Waals surface area contributed by atoms with Crippen molar-refractivity contribution in [1.29, 1.82) is 0 Å². The SMILES string of the molecule is COC(=O)C1CCN(Cc2cn(C)nn2)CC1. The summed E-state index contributed by atoms with van der Waals surface area (Å²) in [6.07, 6.45) is 3.66. The topological polar surface area (TPSA) is 60.2 Å². The van der Waals surface area contributed by atoms with Crippen molar-refractivity contribution < 1.29 is 9.53 Å². The molecule has 1 saturated heterocycles. The van der Waals surface area contributed by atoms with Gasteiger partial charge in [0.05, 0.1) is 18.7 Å². The highest BCUT2D eigenvalue weighted by Crippen LogP contribution is 2.19. The Kier molecular flexibility index (Phi) is 3.73. The van der Waals surface area contributed by atoms with Gasteiger partial charge < -0.3 is 4.74 Å². The molecule has 1 aliphatic heterocycles. The van der Waals surface area contributed by atoms with Crippen molar-refractivity contribution in [3.8, 4) is 0 Å². The average Bonchev–Trinajstić information content (AvgIpc) is 2.75. The Balaban J connectivity index is 1.81. The zero-order valence-corrected chi connectivity index (χ0v) is 10.3. The minimum absolute atomic E-state index is 0.0677. The average molecular weight is 238 g/mol. The van der Waals surface area contributed by atoms with Crippen LogP contribution in [-0.4, -0.2) is 46.1 Å². The molecule has 0 bridgehead atoms. The summed E-state index contributed by atoms with van der Waals surface area (Å²) in [7, 11) is 3.31. The van der Waals surface area contributed by atoms with E-state index in [0.717, 1.165) is 38.2 Å². The lowest BCUT2D eigenvalue weighted by atomic mass is 9.97. The lowest BCUT2D eigenvalue weighted by Crippen LogP contribution is -2.36. The molecule has 2 rings (SSSR count). The second kappa shape index (κ2) is 5.27. The maximum atomic E-state index is 11.4. The summed E-state index contributed by atoms with van der Waals surface area (Å²) < 4.78 is 6.47. The number of aromatic nitrogens is 3. The molecule has 0 spiro atoms. The lowest BCUT2D eigenvalue weighted by Gasteiger charge is -2.29. The van der Waals surface area contributed by atoms with Gasteiger partial charge >= 0.3 is 5.97 Å². The van der Waals surface area contributed by atoms with E-state index in [1.54, 1.807) is 4.68 Å². The van der Waals surface area contributed by atoms with Gasteiger partial charge in [0.25, 0.3) is 0 Å². The van der Waals surface area contributed by atoms with E-state index in [1.165, 1.54) is 7.11 Å². The number of ether oxygens (including phenoxy) is 1. The number of hydrogen-bond acceptors (Lipinski definition) is 5.